The number of ether oxygens (including phenoxy) is 2. The maximum Gasteiger partial charge on any atom is 0.244 e. The smallest absolute Gasteiger partial charge is 0.244 e. The zero-order valence-electron chi connectivity index (χ0n) is 19.4. The number of benzene rings is 3. The van der Waals surface area contributed by atoms with Gasteiger partial charge in [0.1, 0.15) is 6.61 Å². The van der Waals surface area contributed by atoms with Crippen LogP contribution >= 0.6 is 15.9 Å². The van der Waals surface area contributed by atoms with E-state index in [1.54, 1.807) is 13.3 Å². The van der Waals surface area contributed by atoms with E-state index in [9.17, 15) is 4.79 Å². The summed E-state index contributed by atoms with van der Waals surface area (Å²) in [4.78, 5) is 12.3. The highest BCUT2D eigenvalue weighted by atomic mass is 79.9. The molecule has 0 spiro atoms. The second-order valence-corrected chi connectivity index (χ2v) is 9.58. The molecule has 0 saturated heterocycles. The Balaban J connectivity index is 1.60. The van der Waals surface area contributed by atoms with Gasteiger partial charge in [0, 0.05) is 0 Å². The number of rotatable bonds is 8. The highest BCUT2D eigenvalue weighted by molar-refractivity contribution is 9.10. The fraction of sp³-hybridized carbons (Fsp3) is 0.259. The van der Waals surface area contributed by atoms with Crippen LogP contribution in [0.5, 0.6) is 11.5 Å². The van der Waals surface area contributed by atoms with Gasteiger partial charge in [-0.2, -0.15) is 5.10 Å². The molecule has 0 radical (unpaired) electrons. The van der Waals surface area contributed by atoms with Crippen LogP contribution in [0.4, 0.5) is 0 Å². The van der Waals surface area contributed by atoms with Gasteiger partial charge >= 0.3 is 0 Å². The first-order valence-electron chi connectivity index (χ1n) is 10.7. The molecular weight excluding hydrogens is 480 g/mol. The molecule has 3 rings (SSSR count). The molecule has 0 aliphatic carbocycles. The van der Waals surface area contributed by atoms with Crippen molar-refractivity contribution in [3.8, 4) is 11.5 Å². The normalized spacial score (nSPS) is 11.4. The average Bonchev–Trinajstić information content (AvgIpc) is 2.78. The van der Waals surface area contributed by atoms with Gasteiger partial charge in [0.2, 0.25) is 5.91 Å². The van der Waals surface area contributed by atoms with E-state index in [0.717, 1.165) is 21.2 Å². The molecule has 0 fully saturated rings. The van der Waals surface area contributed by atoms with Gasteiger partial charge in [-0.1, -0.05) is 75.4 Å². The van der Waals surface area contributed by atoms with Crippen LogP contribution in [0.15, 0.2) is 76.3 Å². The predicted octanol–water partition coefficient (Wildman–Crippen LogP) is 6.03. The van der Waals surface area contributed by atoms with Crippen LogP contribution in [0.25, 0.3) is 0 Å². The summed E-state index contributed by atoms with van der Waals surface area (Å²) in [5.41, 5.74) is 6.68. The fourth-order valence-electron chi connectivity index (χ4n) is 3.21. The summed E-state index contributed by atoms with van der Waals surface area (Å²) in [6, 6.07) is 21.7. The zero-order chi connectivity index (χ0) is 23.8. The third-order valence-corrected chi connectivity index (χ3v) is 5.65. The summed E-state index contributed by atoms with van der Waals surface area (Å²) < 4.78 is 12.2. The molecule has 0 bridgehead atoms. The Labute approximate surface area is 204 Å². The Hall–Kier alpha value is -3.12. The highest BCUT2D eigenvalue weighted by Crippen LogP contribution is 2.36. The molecule has 33 heavy (non-hydrogen) atoms. The summed E-state index contributed by atoms with van der Waals surface area (Å²) in [7, 11) is 1.59. The largest absolute Gasteiger partial charge is 0.493 e. The van der Waals surface area contributed by atoms with Gasteiger partial charge in [0.05, 0.1) is 24.2 Å². The quantitative estimate of drug-likeness (QED) is 0.298. The van der Waals surface area contributed by atoms with Crippen LogP contribution in [-0.4, -0.2) is 19.2 Å². The summed E-state index contributed by atoms with van der Waals surface area (Å²) in [6.45, 7) is 6.92. The Morgan fingerprint density at radius 1 is 1.03 bits per heavy atom. The minimum Gasteiger partial charge on any atom is -0.493 e. The SMILES string of the molecule is COc1cc(/C=N\NC(=O)Cc2ccc(C(C)(C)C)cc2)cc(Br)c1OCc1ccccc1. The molecule has 0 aliphatic heterocycles. The van der Waals surface area contributed by atoms with Gasteiger partial charge in [-0.15, -0.1) is 0 Å². The highest BCUT2D eigenvalue weighted by Gasteiger charge is 2.14. The molecule has 0 heterocycles. The first kappa shape index (κ1) is 24.5. The molecule has 5 nitrogen and oxygen atoms in total. The van der Waals surface area contributed by atoms with Crippen LogP contribution in [0.3, 0.4) is 0 Å². The Kier molecular flexibility index (Phi) is 8.28. The summed E-state index contributed by atoms with van der Waals surface area (Å²) in [5, 5.41) is 4.09. The van der Waals surface area contributed by atoms with Gasteiger partial charge in [0.25, 0.3) is 0 Å². The van der Waals surface area contributed by atoms with Gasteiger partial charge in [-0.05, 0) is 55.7 Å². The molecule has 1 amide bonds. The van der Waals surface area contributed by atoms with Crippen molar-refractivity contribution in [3.05, 3.63) is 93.5 Å². The molecule has 3 aromatic carbocycles. The maximum atomic E-state index is 12.3. The number of nitrogens with zero attached hydrogens (tertiary/aromatic N) is 1. The number of carbonyl (C=O) groups is 1. The van der Waals surface area contributed by atoms with Crippen LogP contribution in [0.1, 0.15) is 43.0 Å². The van der Waals surface area contributed by atoms with Gasteiger partial charge in [0.15, 0.2) is 11.5 Å². The van der Waals surface area contributed by atoms with E-state index in [4.69, 9.17) is 9.47 Å². The van der Waals surface area contributed by atoms with E-state index < -0.39 is 0 Å². The Morgan fingerprint density at radius 2 is 1.73 bits per heavy atom. The number of hydrazone groups is 1. The van der Waals surface area contributed by atoms with Crippen molar-refractivity contribution in [1.82, 2.24) is 5.43 Å². The van der Waals surface area contributed by atoms with E-state index in [-0.39, 0.29) is 17.7 Å². The molecule has 3 aromatic rings. The van der Waals surface area contributed by atoms with Crippen molar-refractivity contribution in [2.75, 3.05) is 7.11 Å². The van der Waals surface area contributed by atoms with Crippen LogP contribution < -0.4 is 14.9 Å². The van der Waals surface area contributed by atoms with Crippen LogP contribution in [-0.2, 0) is 23.2 Å². The number of methoxy groups -OCH3 is 1. The maximum absolute atomic E-state index is 12.3. The molecule has 0 atom stereocenters. The van der Waals surface area contributed by atoms with Crippen LogP contribution in [0.2, 0.25) is 0 Å². The Bertz CT molecular complexity index is 1100. The number of carbonyl (C=O) groups excluding carboxylic acids is 1. The number of hydrogen-bond donors (Lipinski definition) is 1. The molecule has 1 N–H and O–H groups in total. The third kappa shape index (κ3) is 7.19. The minimum absolute atomic E-state index is 0.0859. The van der Waals surface area contributed by atoms with Crippen molar-refractivity contribution in [2.24, 2.45) is 5.10 Å². The van der Waals surface area contributed by atoms with Crippen LogP contribution in [0, 0.1) is 0 Å². The lowest BCUT2D eigenvalue weighted by molar-refractivity contribution is -0.120. The van der Waals surface area contributed by atoms with Gasteiger partial charge in [-0.3, -0.25) is 4.79 Å². The topological polar surface area (TPSA) is 59.9 Å². The standard InChI is InChI=1S/C27H29BrN2O3/c1-27(2,3)22-12-10-19(11-13-22)16-25(31)30-29-17-21-14-23(28)26(24(15-21)32-4)33-18-20-8-6-5-7-9-20/h5-15,17H,16,18H2,1-4H3,(H,30,31)/b29-17-. The van der Waals surface area contributed by atoms with E-state index in [1.807, 2.05) is 54.6 Å². The van der Waals surface area contributed by atoms with Crippen molar-refractivity contribution in [3.63, 3.8) is 0 Å². The van der Waals surface area contributed by atoms with E-state index in [1.165, 1.54) is 5.56 Å². The number of amides is 1. The summed E-state index contributed by atoms with van der Waals surface area (Å²) >= 11 is 3.54. The lowest BCUT2D eigenvalue weighted by Gasteiger charge is -2.19. The van der Waals surface area contributed by atoms with E-state index in [0.29, 0.717) is 18.1 Å². The fourth-order valence-corrected chi connectivity index (χ4v) is 3.78. The van der Waals surface area contributed by atoms with Crippen molar-refractivity contribution in [2.45, 2.75) is 39.2 Å². The number of nitrogens with one attached hydrogen (secondary N) is 1. The Morgan fingerprint density at radius 3 is 2.36 bits per heavy atom. The van der Waals surface area contributed by atoms with Crippen molar-refractivity contribution in [1.29, 1.82) is 0 Å². The van der Waals surface area contributed by atoms with E-state index >= 15 is 0 Å². The molecule has 0 aromatic heterocycles. The second-order valence-electron chi connectivity index (χ2n) is 8.73. The molecule has 0 saturated carbocycles. The second kappa shape index (κ2) is 11.1. The minimum atomic E-state index is -0.177. The first-order chi connectivity index (χ1) is 15.8. The number of halogens is 1. The molecule has 172 valence electrons. The number of hydrogen-bond acceptors (Lipinski definition) is 4. The van der Waals surface area contributed by atoms with Gasteiger partial charge in [-0.25, -0.2) is 5.43 Å². The third-order valence-electron chi connectivity index (χ3n) is 5.07. The van der Waals surface area contributed by atoms with Crippen molar-refractivity contribution < 1.29 is 14.3 Å². The molecule has 6 heteroatoms. The lowest BCUT2D eigenvalue weighted by atomic mass is 9.86. The van der Waals surface area contributed by atoms with E-state index in [2.05, 4.69) is 59.4 Å². The van der Waals surface area contributed by atoms with Crippen molar-refractivity contribution >= 4 is 28.1 Å². The zero-order valence-corrected chi connectivity index (χ0v) is 21.0. The summed E-state index contributed by atoms with van der Waals surface area (Å²) in [6.07, 6.45) is 1.84. The average molecular weight is 509 g/mol. The molecular formula is C27H29BrN2O3. The molecule has 0 aliphatic rings. The predicted molar refractivity (Wildman–Crippen MR) is 136 cm³/mol. The summed E-state index contributed by atoms with van der Waals surface area (Å²) in [5.74, 6) is 1.01. The first-order valence-corrected chi connectivity index (χ1v) is 11.5. The molecule has 0 unspecified atom stereocenters. The lowest BCUT2D eigenvalue weighted by Crippen LogP contribution is -2.20. The monoisotopic (exact) mass is 508 g/mol. The van der Waals surface area contributed by atoms with Gasteiger partial charge < -0.3 is 9.47 Å².